The number of nitrogens with one attached hydrogen (secondary N) is 1. The Balaban J connectivity index is 2.34. The molecule has 0 amide bonds. The number of hydrogen-bond acceptors (Lipinski definition) is 0. The van der Waals surface area contributed by atoms with Gasteiger partial charge in [0.2, 0.25) is 0 Å². The molecule has 0 aliphatic rings. The molecule has 0 unspecified atom stereocenters. The SMILES string of the molecule is Cc1cccc2[nH]c3c4ccccc4ccc3c12. The highest BCUT2D eigenvalue weighted by Gasteiger charge is 2.08. The molecule has 0 atom stereocenters. The smallest absolute Gasteiger partial charge is 0.0544 e. The van der Waals surface area contributed by atoms with Gasteiger partial charge in [0.15, 0.2) is 0 Å². The number of benzene rings is 3. The van der Waals surface area contributed by atoms with Crippen molar-refractivity contribution in [3.8, 4) is 0 Å². The molecule has 1 aromatic heterocycles. The summed E-state index contributed by atoms with van der Waals surface area (Å²) in [5.41, 5.74) is 3.80. The van der Waals surface area contributed by atoms with Crippen molar-refractivity contribution in [3.05, 3.63) is 60.2 Å². The molecular formula is C17H13N. The van der Waals surface area contributed by atoms with E-state index in [-0.39, 0.29) is 0 Å². The van der Waals surface area contributed by atoms with Crippen LogP contribution in [0.15, 0.2) is 54.6 Å². The third kappa shape index (κ3) is 1.16. The van der Waals surface area contributed by atoms with E-state index in [1.165, 1.54) is 38.1 Å². The molecule has 4 rings (SSSR count). The zero-order valence-electron chi connectivity index (χ0n) is 10.2. The minimum absolute atomic E-state index is 1.22. The zero-order valence-corrected chi connectivity index (χ0v) is 10.2. The molecule has 0 aliphatic carbocycles. The fourth-order valence-electron chi connectivity index (χ4n) is 2.88. The summed E-state index contributed by atoms with van der Waals surface area (Å²) in [5.74, 6) is 0. The van der Waals surface area contributed by atoms with Crippen LogP contribution in [-0.2, 0) is 0 Å². The van der Waals surface area contributed by atoms with E-state index in [1.807, 2.05) is 0 Å². The molecular weight excluding hydrogens is 218 g/mol. The lowest BCUT2D eigenvalue weighted by Crippen LogP contribution is -1.75. The summed E-state index contributed by atoms with van der Waals surface area (Å²) >= 11 is 0. The van der Waals surface area contributed by atoms with E-state index in [0.717, 1.165) is 0 Å². The quantitative estimate of drug-likeness (QED) is 0.448. The number of hydrogen-bond donors (Lipinski definition) is 1. The van der Waals surface area contributed by atoms with Gasteiger partial charge >= 0.3 is 0 Å². The molecule has 1 heteroatoms. The normalized spacial score (nSPS) is 11.6. The van der Waals surface area contributed by atoms with Crippen LogP contribution in [0.2, 0.25) is 0 Å². The average molecular weight is 231 g/mol. The highest BCUT2D eigenvalue weighted by Crippen LogP contribution is 2.32. The maximum atomic E-state index is 3.56. The fraction of sp³-hybridized carbons (Fsp3) is 0.0588. The Morgan fingerprint density at radius 1 is 0.778 bits per heavy atom. The standard InChI is InChI=1S/C17H13N/c1-11-5-4-8-15-16(11)14-10-9-12-6-2-3-7-13(12)17(14)18-15/h2-10,18H,1H3. The second kappa shape index (κ2) is 3.36. The Labute approximate surface area is 105 Å². The Bertz CT molecular complexity index is 884. The number of rotatable bonds is 0. The highest BCUT2D eigenvalue weighted by atomic mass is 14.7. The van der Waals surface area contributed by atoms with Gasteiger partial charge in [0.05, 0.1) is 5.52 Å². The minimum atomic E-state index is 1.22. The van der Waals surface area contributed by atoms with Crippen molar-refractivity contribution < 1.29 is 0 Å². The van der Waals surface area contributed by atoms with Gasteiger partial charge in [-0.15, -0.1) is 0 Å². The van der Waals surface area contributed by atoms with Crippen molar-refractivity contribution in [1.29, 1.82) is 0 Å². The summed E-state index contributed by atoms with van der Waals surface area (Å²) in [4.78, 5) is 3.56. The van der Waals surface area contributed by atoms with Crippen LogP contribution >= 0.6 is 0 Å². The van der Waals surface area contributed by atoms with Gasteiger partial charge in [-0.05, 0) is 23.9 Å². The molecule has 0 spiro atoms. The zero-order chi connectivity index (χ0) is 12.1. The van der Waals surface area contributed by atoms with Crippen LogP contribution in [0.5, 0.6) is 0 Å². The maximum absolute atomic E-state index is 3.56. The average Bonchev–Trinajstić information content (AvgIpc) is 2.79. The van der Waals surface area contributed by atoms with Gasteiger partial charge in [0.25, 0.3) is 0 Å². The van der Waals surface area contributed by atoms with Gasteiger partial charge in [-0.25, -0.2) is 0 Å². The summed E-state index contributed by atoms with van der Waals surface area (Å²) in [6.07, 6.45) is 0. The number of H-pyrrole nitrogens is 1. The highest BCUT2D eigenvalue weighted by molar-refractivity contribution is 6.17. The molecule has 86 valence electrons. The molecule has 0 bridgehead atoms. The van der Waals surface area contributed by atoms with Crippen LogP contribution in [0, 0.1) is 6.92 Å². The van der Waals surface area contributed by atoms with Gasteiger partial charge in [-0.1, -0.05) is 48.5 Å². The van der Waals surface area contributed by atoms with Gasteiger partial charge in [-0.2, -0.15) is 0 Å². The van der Waals surface area contributed by atoms with Gasteiger partial charge in [-0.3, -0.25) is 0 Å². The van der Waals surface area contributed by atoms with E-state index in [1.54, 1.807) is 0 Å². The van der Waals surface area contributed by atoms with E-state index in [0.29, 0.717) is 0 Å². The lowest BCUT2D eigenvalue weighted by atomic mass is 10.0. The van der Waals surface area contributed by atoms with E-state index in [2.05, 4.69) is 66.5 Å². The lowest BCUT2D eigenvalue weighted by Gasteiger charge is -1.99. The number of aryl methyl sites for hydroxylation is 1. The second-order valence-corrected chi connectivity index (χ2v) is 4.83. The predicted molar refractivity (Wildman–Crippen MR) is 78.0 cm³/mol. The summed E-state index contributed by atoms with van der Waals surface area (Å²) < 4.78 is 0. The molecule has 0 radical (unpaired) electrons. The van der Waals surface area contributed by atoms with Crippen molar-refractivity contribution in [2.75, 3.05) is 0 Å². The lowest BCUT2D eigenvalue weighted by molar-refractivity contribution is 1.51. The number of aromatic amines is 1. The van der Waals surface area contributed by atoms with Crippen LogP contribution in [0.3, 0.4) is 0 Å². The fourth-order valence-corrected chi connectivity index (χ4v) is 2.88. The number of fused-ring (bicyclic) bond motifs is 5. The molecule has 1 nitrogen and oxygen atoms in total. The molecule has 1 heterocycles. The summed E-state index contributed by atoms with van der Waals surface area (Å²) in [6.45, 7) is 2.17. The molecule has 0 aliphatic heterocycles. The topological polar surface area (TPSA) is 15.8 Å². The summed E-state index contributed by atoms with van der Waals surface area (Å²) in [6, 6.07) is 19.4. The third-order valence-corrected chi connectivity index (χ3v) is 3.73. The van der Waals surface area contributed by atoms with Gasteiger partial charge < -0.3 is 4.98 Å². The first kappa shape index (κ1) is 9.72. The molecule has 18 heavy (non-hydrogen) atoms. The van der Waals surface area contributed by atoms with Crippen LogP contribution in [0.25, 0.3) is 32.6 Å². The first-order chi connectivity index (χ1) is 8.84. The molecule has 3 aromatic carbocycles. The molecule has 4 aromatic rings. The molecule has 0 saturated heterocycles. The molecule has 0 saturated carbocycles. The van der Waals surface area contributed by atoms with Crippen LogP contribution in [0.4, 0.5) is 0 Å². The van der Waals surface area contributed by atoms with Crippen molar-refractivity contribution in [2.45, 2.75) is 6.92 Å². The van der Waals surface area contributed by atoms with Crippen LogP contribution in [0.1, 0.15) is 5.56 Å². The molecule has 0 fully saturated rings. The monoisotopic (exact) mass is 231 g/mol. The van der Waals surface area contributed by atoms with Crippen LogP contribution < -0.4 is 0 Å². The largest absolute Gasteiger partial charge is 0.354 e. The van der Waals surface area contributed by atoms with Crippen molar-refractivity contribution in [2.24, 2.45) is 0 Å². The summed E-state index contributed by atoms with van der Waals surface area (Å²) in [7, 11) is 0. The van der Waals surface area contributed by atoms with Crippen molar-refractivity contribution in [1.82, 2.24) is 4.98 Å². The van der Waals surface area contributed by atoms with E-state index < -0.39 is 0 Å². The van der Waals surface area contributed by atoms with E-state index >= 15 is 0 Å². The van der Waals surface area contributed by atoms with Crippen LogP contribution in [-0.4, -0.2) is 4.98 Å². The Morgan fingerprint density at radius 2 is 1.67 bits per heavy atom. The van der Waals surface area contributed by atoms with Crippen molar-refractivity contribution >= 4 is 32.6 Å². The van der Waals surface area contributed by atoms with Gasteiger partial charge in [0, 0.05) is 21.7 Å². The molecule has 1 N–H and O–H groups in total. The number of aromatic nitrogens is 1. The minimum Gasteiger partial charge on any atom is -0.354 e. The Morgan fingerprint density at radius 3 is 2.61 bits per heavy atom. The Kier molecular flexibility index (Phi) is 1.81. The van der Waals surface area contributed by atoms with Crippen molar-refractivity contribution in [3.63, 3.8) is 0 Å². The predicted octanol–water partition coefficient (Wildman–Crippen LogP) is 4.78. The van der Waals surface area contributed by atoms with Gasteiger partial charge in [0.1, 0.15) is 0 Å². The first-order valence-corrected chi connectivity index (χ1v) is 6.23. The second-order valence-electron chi connectivity index (χ2n) is 4.83. The van der Waals surface area contributed by atoms with E-state index in [9.17, 15) is 0 Å². The Hall–Kier alpha value is -2.28. The maximum Gasteiger partial charge on any atom is 0.0544 e. The van der Waals surface area contributed by atoms with E-state index in [4.69, 9.17) is 0 Å². The first-order valence-electron chi connectivity index (χ1n) is 6.23. The summed E-state index contributed by atoms with van der Waals surface area (Å²) in [5, 5.41) is 5.25. The third-order valence-electron chi connectivity index (χ3n) is 3.73.